The standard InChI is InChI=1S/C16H16ClNO/c17-15-8-4-7-13-14(15)9-12(10-19)18-16(13)11-5-2-1-3-6-11/h1-8,12,16,18-19H,9-10H2/t12-,16-/m0/s1. The first-order valence-electron chi connectivity index (χ1n) is 6.48. The molecule has 2 nitrogen and oxygen atoms in total. The Morgan fingerprint density at radius 3 is 2.63 bits per heavy atom. The third kappa shape index (κ3) is 2.39. The maximum atomic E-state index is 9.47. The van der Waals surface area contributed by atoms with Gasteiger partial charge in [-0.1, -0.05) is 54.1 Å². The third-order valence-electron chi connectivity index (χ3n) is 3.67. The minimum Gasteiger partial charge on any atom is -0.395 e. The highest BCUT2D eigenvalue weighted by Crippen LogP contribution is 2.34. The average Bonchev–Trinajstić information content (AvgIpc) is 2.48. The van der Waals surface area contributed by atoms with Crippen molar-refractivity contribution < 1.29 is 5.11 Å². The number of benzene rings is 2. The van der Waals surface area contributed by atoms with Crippen LogP contribution in [0.2, 0.25) is 5.02 Å². The molecule has 0 aromatic heterocycles. The lowest BCUT2D eigenvalue weighted by Gasteiger charge is -2.33. The van der Waals surface area contributed by atoms with E-state index in [1.54, 1.807) is 0 Å². The number of aliphatic hydroxyl groups excluding tert-OH is 1. The first kappa shape index (κ1) is 12.7. The molecule has 3 rings (SSSR count). The number of aliphatic hydroxyl groups is 1. The number of nitrogens with one attached hydrogen (secondary N) is 1. The molecule has 0 amide bonds. The van der Waals surface area contributed by atoms with Crippen LogP contribution in [0.5, 0.6) is 0 Å². The molecule has 0 saturated carbocycles. The summed E-state index contributed by atoms with van der Waals surface area (Å²) in [6, 6.07) is 16.4. The molecule has 98 valence electrons. The third-order valence-corrected chi connectivity index (χ3v) is 4.03. The van der Waals surface area contributed by atoms with E-state index < -0.39 is 0 Å². The summed E-state index contributed by atoms with van der Waals surface area (Å²) in [5.74, 6) is 0. The van der Waals surface area contributed by atoms with Crippen molar-refractivity contribution in [1.29, 1.82) is 0 Å². The van der Waals surface area contributed by atoms with Crippen LogP contribution in [0.15, 0.2) is 48.5 Å². The lowest BCUT2D eigenvalue weighted by atomic mass is 9.87. The van der Waals surface area contributed by atoms with E-state index in [4.69, 9.17) is 11.6 Å². The van der Waals surface area contributed by atoms with Crippen molar-refractivity contribution in [1.82, 2.24) is 5.32 Å². The molecular weight excluding hydrogens is 258 g/mol. The highest BCUT2D eigenvalue weighted by atomic mass is 35.5. The van der Waals surface area contributed by atoms with E-state index in [-0.39, 0.29) is 18.7 Å². The minimum atomic E-state index is 0.0533. The van der Waals surface area contributed by atoms with Gasteiger partial charge < -0.3 is 10.4 Å². The molecule has 19 heavy (non-hydrogen) atoms. The Hall–Kier alpha value is -1.35. The van der Waals surface area contributed by atoms with Crippen LogP contribution in [0.3, 0.4) is 0 Å². The fourth-order valence-electron chi connectivity index (χ4n) is 2.73. The van der Waals surface area contributed by atoms with E-state index in [1.165, 1.54) is 11.1 Å². The molecule has 0 unspecified atom stereocenters. The van der Waals surface area contributed by atoms with Gasteiger partial charge in [0.25, 0.3) is 0 Å². The second kappa shape index (κ2) is 5.33. The summed E-state index contributed by atoms with van der Waals surface area (Å²) >= 11 is 6.31. The first-order chi connectivity index (χ1) is 9.29. The van der Waals surface area contributed by atoms with Gasteiger partial charge in [0.15, 0.2) is 0 Å². The van der Waals surface area contributed by atoms with Crippen LogP contribution in [0.1, 0.15) is 22.7 Å². The SMILES string of the molecule is OC[C@@H]1Cc2c(Cl)cccc2[C@H](c2ccccc2)N1. The maximum absolute atomic E-state index is 9.47. The molecular formula is C16H16ClNO. The summed E-state index contributed by atoms with van der Waals surface area (Å²) in [4.78, 5) is 0. The van der Waals surface area contributed by atoms with Crippen LogP contribution in [0.25, 0.3) is 0 Å². The first-order valence-corrected chi connectivity index (χ1v) is 6.86. The largest absolute Gasteiger partial charge is 0.395 e. The van der Waals surface area contributed by atoms with E-state index in [0.29, 0.717) is 0 Å². The topological polar surface area (TPSA) is 32.3 Å². The predicted octanol–water partition coefficient (Wildman–Crippen LogP) is 2.94. The second-order valence-corrected chi connectivity index (χ2v) is 5.31. The Morgan fingerprint density at radius 1 is 1.11 bits per heavy atom. The molecule has 3 heteroatoms. The van der Waals surface area contributed by atoms with Crippen LogP contribution >= 0.6 is 11.6 Å². The number of hydrogen-bond donors (Lipinski definition) is 2. The van der Waals surface area contributed by atoms with Gasteiger partial charge in [0.2, 0.25) is 0 Å². The monoisotopic (exact) mass is 273 g/mol. The van der Waals surface area contributed by atoms with Gasteiger partial charge in [-0.05, 0) is 29.2 Å². The zero-order valence-corrected chi connectivity index (χ0v) is 11.3. The van der Waals surface area contributed by atoms with E-state index in [0.717, 1.165) is 17.0 Å². The van der Waals surface area contributed by atoms with Crippen LogP contribution in [-0.2, 0) is 6.42 Å². The summed E-state index contributed by atoms with van der Waals surface area (Å²) in [6.07, 6.45) is 0.773. The Bertz CT molecular complexity index is 570. The predicted molar refractivity (Wildman–Crippen MR) is 77.5 cm³/mol. The Kier molecular flexibility index (Phi) is 3.56. The van der Waals surface area contributed by atoms with E-state index >= 15 is 0 Å². The van der Waals surface area contributed by atoms with Crippen molar-refractivity contribution in [3.05, 3.63) is 70.2 Å². The van der Waals surface area contributed by atoms with Crippen LogP contribution in [-0.4, -0.2) is 17.8 Å². The zero-order valence-electron chi connectivity index (χ0n) is 10.5. The molecule has 0 radical (unpaired) electrons. The van der Waals surface area contributed by atoms with Gasteiger partial charge in [-0.25, -0.2) is 0 Å². The molecule has 1 heterocycles. The molecule has 0 aliphatic carbocycles. The maximum Gasteiger partial charge on any atom is 0.0588 e. The summed E-state index contributed by atoms with van der Waals surface area (Å²) in [5, 5.41) is 13.8. The summed E-state index contributed by atoms with van der Waals surface area (Å²) in [6.45, 7) is 0.119. The molecule has 2 aromatic carbocycles. The zero-order chi connectivity index (χ0) is 13.2. The molecule has 0 saturated heterocycles. The number of rotatable bonds is 2. The molecule has 2 N–H and O–H groups in total. The van der Waals surface area contributed by atoms with Gasteiger partial charge in [-0.15, -0.1) is 0 Å². The lowest BCUT2D eigenvalue weighted by Crippen LogP contribution is -2.42. The van der Waals surface area contributed by atoms with Crippen molar-refractivity contribution in [3.63, 3.8) is 0 Å². The Morgan fingerprint density at radius 2 is 1.89 bits per heavy atom. The quantitative estimate of drug-likeness (QED) is 0.882. The highest BCUT2D eigenvalue weighted by molar-refractivity contribution is 6.31. The summed E-state index contributed by atoms with van der Waals surface area (Å²) < 4.78 is 0. The highest BCUT2D eigenvalue weighted by Gasteiger charge is 2.27. The van der Waals surface area contributed by atoms with Crippen molar-refractivity contribution in [2.24, 2.45) is 0 Å². The molecule has 0 spiro atoms. The molecule has 0 fully saturated rings. The molecule has 1 aliphatic heterocycles. The van der Waals surface area contributed by atoms with Crippen molar-refractivity contribution in [2.45, 2.75) is 18.5 Å². The van der Waals surface area contributed by atoms with Gasteiger partial charge in [0.1, 0.15) is 0 Å². The minimum absolute atomic E-state index is 0.0533. The Balaban J connectivity index is 2.08. The molecule has 2 aromatic rings. The Labute approximate surface area is 118 Å². The van der Waals surface area contributed by atoms with Gasteiger partial charge in [-0.3, -0.25) is 0 Å². The fraction of sp³-hybridized carbons (Fsp3) is 0.250. The normalized spacial score (nSPS) is 22.0. The van der Waals surface area contributed by atoms with Gasteiger partial charge in [-0.2, -0.15) is 0 Å². The van der Waals surface area contributed by atoms with Crippen LogP contribution in [0.4, 0.5) is 0 Å². The molecule has 2 atom stereocenters. The van der Waals surface area contributed by atoms with Crippen molar-refractivity contribution in [2.75, 3.05) is 6.61 Å². The fourth-order valence-corrected chi connectivity index (χ4v) is 2.99. The second-order valence-electron chi connectivity index (χ2n) is 4.90. The smallest absolute Gasteiger partial charge is 0.0588 e. The number of hydrogen-bond acceptors (Lipinski definition) is 2. The van der Waals surface area contributed by atoms with E-state index in [2.05, 4.69) is 23.5 Å². The van der Waals surface area contributed by atoms with Gasteiger partial charge in [0, 0.05) is 11.1 Å². The molecule has 0 bridgehead atoms. The molecule has 1 aliphatic rings. The van der Waals surface area contributed by atoms with Crippen molar-refractivity contribution in [3.8, 4) is 0 Å². The summed E-state index contributed by atoms with van der Waals surface area (Å²) in [7, 11) is 0. The number of halogens is 1. The van der Waals surface area contributed by atoms with Gasteiger partial charge in [0.05, 0.1) is 12.6 Å². The summed E-state index contributed by atoms with van der Waals surface area (Å²) in [5.41, 5.74) is 3.56. The van der Waals surface area contributed by atoms with Crippen molar-refractivity contribution >= 4 is 11.6 Å². The van der Waals surface area contributed by atoms with Gasteiger partial charge >= 0.3 is 0 Å². The lowest BCUT2D eigenvalue weighted by molar-refractivity contribution is 0.229. The number of fused-ring (bicyclic) bond motifs is 1. The van der Waals surface area contributed by atoms with E-state index in [9.17, 15) is 5.11 Å². The van der Waals surface area contributed by atoms with Crippen LogP contribution < -0.4 is 5.32 Å². The average molecular weight is 274 g/mol. The van der Waals surface area contributed by atoms with Crippen LogP contribution in [0, 0.1) is 0 Å². The van der Waals surface area contributed by atoms with E-state index in [1.807, 2.05) is 30.3 Å².